The van der Waals surface area contributed by atoms with Crippen molar-refractivity contribution in [1.29, 1.82) is 0 Å². The minimum absolute atomic E-state index is 0.329. The first kappa shape index (κ1) is 6.88. The maximum absolute atomic E-state index is 5.20. The molecular weight excluding hydrogens is 92.1 g/mol. The van der Waals surface area contributed by atoms with Crippen molar-refractivity contribution in [3.63, 3.8) is 0 Å². The van der Waals surface area contributed by atoms with Gasteiger partial charge < -0.3 is 16.2 Å². The van der Waals surface area contributed by atoms with E-state index < -0.39 is 0 Å². The second-order valence-electron chi connectivity index (χ2n) is 1.15. The maximum atomic E-state index is 5.20. The molecule has 3 heteroatoms. The zero-order valence-corrected chi connectivity index (χ0v) is 4.42. The summed E-state index contributed by atoms with van der Waals surface area (Å²) in [5.41, 5.74) is 10.3. The van der Waals surface area contributed by atoms with Gasteiger partial charge in [0.25, 0.3) is 0 Å². The molecule has 0 amide bonds. The van der Waals surface area contributed by atoms with E-state index >= 15 is 0 Å². The molecule has 0 saturated carbocycles. The molecule has 0 aromatic rings. The van der Waals surface area contributed by atoms with Crippen molar-refractivity contribution < 1.29 is 4.74 Å². The van der Waals surface area contributed by atoms with Gasteiger partial charge in [-0.15, -0.1) is 0 Å². The van der Waals surface area contributed by atoms with Crippen LogP contribution in [0.4, 0.5) is 0 Å². The van der Waals surface area contributed by atoms with Crippen molar-refractivity contribution in [3.05, 3.63) is 6.61 Å². The van der Waals surface area contributed by atoms with Crippen LogP contribution < -0.4 is 11.5 Å². The molecule has 0 aromatic carbocycles. The molecule has 3 nitrogen and oxygen atoms in total. The first-order chi connectivity index (χ1) is 3.31. The normalized spacial score (nSPS) is 14.1. The Morgan fingerprint density at radius 1 is 1.86 bits per heavy atom. The summed E-state index contributed by atoms with van der Waals surface area (Å²) in [5.74, 6) is 0. The Morgan fingerprint density at radius 2 is 2.43 bits per heavy atom. The molecule has 43 valence electrons. The van der Waals surface area contributed by atoms with E-state index in [1.165, 1.54) is 6.61 Å². The number of hydrogen-bond donors (Lipinski definition) is 2. The summed E-state index contributed by atoms with van der Waals surface area (Å²) in [6.45, 7) is 3.65. The largest absolute Gasteiger partial charge is 0.357 e. The van der Waals surface area contributed by atoms with Crippen LogP contribution in [0.3, 0.4) is 0 Å². The van der Waals surface area contributed by atoms with Gasteiger partial charge in [-0.3, -0.25) is 0 Å². The highest BCUT2D eigenvalue weighted by Crippen LogP contribution is 1.80. The summed E-state index contributed by atoms with van der Waals surface area (Å²) >= 11 is 0. The SMILES string of the molecule is C[CH]OC(N)CN. The van der Waals surface area contributed by atoms with Crippen molar-refractivity contribution >= 4 is 0 Å². The number of ether oxygens (including phenoxy) is 1. The van der Waals surface area contributed by atoms with Gasteiger partial charge in [0.2, 0.25) is 0 Å². The van der Waals surface area contributed by atoms with Gasteiger partial charge in [-0.25, -0.2) is 0 Å². The van der Waals surface area contributed by atoms with E-state index in [1.54, 1.807) is 6.92 Å². The molecule has 1 atom stereocenters. The van der Waals surface area contributed by atoms with E-state index in [2.05, 4.69) is 0 Å². The first-order valence-corrected chi connectivity index (χ1v) is 2.20. The lowest BCUT2D eigenvalue weighted by molar-refractivity contribution is 0.121. The van der Waals surface area contributed by atoms with Crippen molar-refractivity contribution in [3.8, 4) is 0 Å². The van der Waals surface area contributed by atoms with Crippen LogP contribution in [-0.4, -0.2) is 12.8 Å². The number of nitrogens with two attached hydrogens (primary N) is 2. The molecule has 0 aliphatic heterocycles. The van der Waals surface area contributed by atoms with Gasteiger partial charge in [-0.1, -0.05) is 0 Å². The van der Waals surface area contributed by atoms with Gasteiger partial charge >= 0.3 is 0 Å². The van der Waals surface area contributed by atoms with Crippen LogP contribution in [0.15, 0.2) is 0 Å². The standard InChI is InChI=1S/C4H11N2O/c1-2-7-4(6)3-5/h2,4H,3,5-6H2,1H3. The zero-order valence-electron chi connectivity index (χ0n) is 4.42. The van der Waals surface area contributed by atoms with E-state index in [0.29, 0.717) is 6.54 Å². The van der Waals surface area contributed by atoms with Crippen LogP contribution in [-0.2, 0) is 4.74 Å². The Balaban J connectivity index is 2.83. The minimum atomic E-state index is -0.329. The Labute approximate surface area is 43.6 Å². The van der Waals surface area contributed by atoms with Crippen molar-refractivity contribution in [1.82, 2.24) is 0 Å². The highest BCUT2D eigenvalue weighted by atomic mass is 16.5. The van der Waals surface area contributed by atoms with E-state index in [4.69, 9.17) is 16.2 Å². The molecule has 0 bridgehead atoms. The maximum Gasteiger partial charge on any atom is 0.118 e. The fourth-order valence-electron chi connectivity index (χ4n) is 0.230. The van der Waals surface area contributed by atoms with Crippen molar-refractivity contribution in [2.45, 2.75) is 13.2 Å². The lowest BCUT2D eigenvalue weighted by atomic mass is 10.6. The molecule has 0 saturated heterocycles. The molecule has 0 spiro atoms. The van der Waals surface area contributed by atoms with Gasteiger partial charge in [-0.05, 0) is 6.92 Å². The molecule has 0 rings (SSSR count). The number of hydrogen-bond acceptors (Lipinski definition) is 3. The van der Waals surface area contributed by atoms with Crippen LogP contribution in [0.1, 0.15) is 6.92 Å². The Hall–Kier alpha value is -0.120. The third kappa shape index (κ3) is 3.72. The topological polar surface area (TPSA) is 61.3 Å². The fraction of sp³-hybridized carbons (Fsp3) is 0.750. The fourth-order valence-corrected chi connectivity index (χ4v) is 0.230. The molecule has 0 aliphatic rings. The van der Waals surface area contributed by atoms with E-state index in [1.807, 2.05) is 0 Å². The summed E-state index contributed by atoms with van der Waals surface area (Å²) in [7, 11) is 0. The Morgan fingerprint density at radius 3 is 2.57 bits per heavy atom. The van der Waals surface area contributed by atoms with Gasteiger partial charge in [0.1, 0.15) is 6.23 Å². The van der Waals surface area contributed by atoms with Crippen molar-refractivity contribution in [2.75, 3.05) is 6.54 Å². The van der Waals surface area contributed by atoms with E-state index in [0.717, 1.165) is 0 Å². The molecule has 4 N–H and O–H groups in total. The summed E-state index contributed by atoms with van der Waals surface area (Å²) in [6, 6.07) is 0. The van der Waals surface area contributed by atoms with Crippen LogP contribution in [0.25, 0.3) is 0 Å². The highest BCUT2D eigenvalue weighted by molar-refractivity contribution is 4.48. The Bertz CT molecular complexity index is 40.7. The van der Waals surface area contributed by atoms with Gasteiger partial charge in [0, 0.05) is 6.54 Å². The predicted molar refractivity (Wildman–Crippen MR) is 28.1 cm³/mol. The average Bonchev–Trinajstić information content (AvgIpc) is 1.68. The summed E-state index contributed by atoms with van der Waals surface area (Å²) in [5, 5.41) is 0. The molecular formula is C4H11N2O. The van der Waals surface area contributed by atoms with Gasteiger partial charge in [0.05, 0.1) is 6.61 Å². The molecule has 1 unspecified atom stereocenters. The van der Waals surface area contributed by atoms with Crippen LogP contribution in [0.2, 0.25) is 0 Å². The average molecular weight is 103 g/mol. The van der Waals surface area contributed by atoms with E-state index in [9.17, 15) is 0 Å². The summed E-state index contributed by atoms with van der Waals surface area (Å²) in [4.78, 5) is 0. The third-order valence-electron chi connectivity index (χ3n) is 0.543. The second kappa shape index (κ2) is 4.05. The molecule has 7 heavy (non-hydrogen) atoms. The predicted octanol–water partition coefficient (Wildman–Crippen LogP) is -0.572. The molecule has 0 aromatic heterocycles. The molecule has 0 fully saturated rings. The summed E-state index contributed by atoms with van der Waals surface area (Å²) in [6.07, 6.45) is -0.329. The highest BCUT2D eigenvalue weighted by Gasteiger charge is 1.92. The molecule has 0 heterocycles. The van der Waals surface area contributed by atoms with Gasteiger partial charge in [-0.2, -0.15) is 0 Å². The second-order valence-corrected chi connectivity index (χ2v) is 1.15. The number of rotatable bonds is 3. The van der Waals surface area contributed by atoms with Crippen LogP contribution in [0, 0.1) is 6.61 Å². The minimum Gasteiger partial charge on any atom is -0.357 e. The molecule has 1 radical (unpaired) electrons. The Kier molecular flexibility index (Phi) is 3.98. The smallest absolute Gasteiger partial charge is 0.118 e. The van der Waals surface area contributed by atoms with E-state index in [-0.39, 0.29) is 6.23 Å². The zero-order chi connectivity index (χ0) is 5.70. The monoisotopic (exact) mass is 103 g/mol. The van der Waals surface area contributed by atoms with Crippen LogP contribution in [0.5, 0.6) is 0 Å². The van der Waals surface area contributed by atoms with Gasteiger partial charge in [0.15, 0.2) is 0 Å². The van der Waals surface area contributed by atoms with Crippen molar-refractivity contribution in [2.24, 2.45) is 11.5 Å². The third-order valence-corrected chi connectivity index (χ3v) is 0.543. The molecule has 0 aliphatic carbocycles. The summed E-state index contributed by atoms with van der Waals surface area (Å²) < 4.78 is 4.72. The lowest BCUT2D eigenvalue weighted by Crippen LogP contribution is -2.31. The lowest BCUT2D eigenvalue weighted by Gasteiger charge is -2.05. The van der Waals surface area contributed by atoms with Crippen LogP contribution >= 0.6 is 0 Å². The quantitative estimate of drug-likeness (QED) is 0.470. The first-order valence-electron chi connectivity index (χ1n) is 2.20.